The molecule has 2 heterocycles. The summed E-state index contributed by atoms with van der Waals surface area (Å²) in [7, 11) is 0. The summed E-state index contributed by atoms with van der Waals surface area (Å²) in [5, 5.41) is 0. The molecule has 0 atom stereocenters. The second-order valence-corrected chi connectivity index (χ2v) is 5.67. The maximum atomic E-state index is 4.98. The maximum absolute atomic E-state index is 4.98. The molecule has 92 valence electrons. The van der Waals surface area contributed by atoms with Crippen LogP contribution in [0.1, 0.15) is 5.69 Å². The summed E-state index contributed by atoms with van der Waals surface area (Å²) in [6.45, 7) is 1.94. The van der Waals surface area contributed by atoms with E-state index in [1.54, 1.807) is 17.5 Å². The van der Waals surface area contributed by atoms with E-state index in [0.29, 0.717) is 4.77 Å². The number of H-pyrrole nitrogens is 2. The molecule has 0 saturated carbocycles. The van der Waals surface area contributed by atoms with E-state index in [4.69, 9.17) is 24.4 Å². The van der Waals surface area contributed by atoms with Crippen molar-refractivity contribution in [2.75, 3.05) is 0 Å². The fraction of sp³-hybridized carbons (Fsp3) is 0.0833. The predicted molar refractivity (Wildman–Crippen MR) is 81.2 cm³/mol. The number of nitrogens with zero attached hydrogens (tertiary/aromatic N) is 1. The minimum atomic E-state index is 0.546. The van der Waals surface area contributed by atoms with Crippen LogP contribution in [0, 0.1) is 15.6 Å². The van der Waals surface area contributed by atoms with Gasteiger partial charge in [-0.15, -0.1) is 11.3 Å². The van der Waals surface area contributed by atoms with Crippen molar-refractivity contribution in [3.8, 4) is 0 Å². The third-order valence-corrected chi connectivity index (χ3v) is 3.57. The summed E-state index contributed by atoms with van der Waals surface area (Å²) in [6.07, 6.45) is 1.69. The molecule has 1 aromatic carbocycles. The molecule has 18 heavy (non-hydrogen) atoms. The molecule has 3 aromatic rings. The first kappa shape index (κ1) is 13.1. The monoisotopic (exact) mass is 293 g/mol. The Hall–Kier alpha value is -1.37. The van der Waals surface area contributed by atoms with E-state index < -0.39 is 0 Å². The highest BCUT2D eigenvalue weighted by Gasteiger charge is 1.91. The van der Waals surface area contributed by atoms with E-state index in [2.05, 4.69) is 21.0 Å². The molecule has 2 N–H and O–H groups in total. The lowest BCUT2D eigenvalue weighted by atomic mass is 10.3. The standard InChI is InChI=1S/C7H5NS2.C5H6N2S/c9-7-8-5-3-1-2-4-6(5)10-7;1-4-2-3-6-5(8)7-4/h1-4H,(H,8,9);2-3H,1H3,(H,6,7,8). The zero-order valence-electron chi connectivity index (χ0n) is 9.64. The zero-order valence-corrected chi connectivity index (χ0v) is 12.1. The molecule has 0 unspecified atom stereocenters. The molecule has 2 aromatic heterocycles. The van der Waals surface area contributed by atoms with E-state index in [1.165, 1.54) is 4.70 Å². The van der Waals surface area contributed by atoms with Gasteiger partial charge in [0.1, 0.15) is 0 Å². The molecule has 3 nitrogen and oxygen atoms in total. The number of benzene rings is 1. The quantitative estimate of drug-likeness (QED) is 0.604. The molecule has 3 rings (SSSR count). The molecule has 0 aliphatic rings. The minimum absolute atomic E-state index is 0.546. The van der Waals surface area contributed by atoms with Gasteiger partial charge in [-0.2, -0.15) is 0 Å². The van der Waals surface area contributed by atoms with E-state index in [0.717, 1.165) is 15.2 Å². The summed E-state index contributed by atoms with van der Waals surface area (Å²) in [5.41, 5.74) is 2.18. The molecular formula is C12H11N3S3. The average molecular weight is 293 g/mol. The van der Waals surface area contributed by atoms with Crippen LogP contribution in [0.25, 0.3) is 10.2 Å². The van der Waals surface area contributed by atoms with Crippen molar-refractivity contribution >= 4 is 46.0 Å². The number of aromatic amines is 2. The number of hydrogen-bond acceptors (Lipinski definition) is 4. The van der Waals surface area contributed by atoms with E-state index in [1.807, 2.05) is 31.2 Å². The van der Waals surface area contributed by atoms with Gasteiger partial charge in [-0.3, -0.25) is 0 Å². The topological polar surface area (TPSA) is 44.5 Å². The summed E-state index contributed by atoms with van der Waals surface area (Å²) in [6, 6.07) is 9.98. The second kappa shape index (κ2) is 5.99. The Labute approximate surface area is 119 Å². The smallest absolute Gasteiger partial charge is 0.196 e. The number of rotatable bonds is 0. The fourth-order valence-electron chi connectivity index (χ4n) is 1.35. The first-order valence-electron chi connectivity index (χ1n) is 5.25. The van der Waals surface area contributed by atoms with Gasteiger partial charge in [0, 0.05) is 11.9 Å². The van der Waals surface area contributed by atoms with Crippen molar-refractivity contribution in [1.82, 2.24) is 15.0 Å². The highest BCUT2D eigenvalue weighted by atomic mass is 32.1. The molecule has 0 bridgehead atoms. The Morgan fingerprint density at radius 3 is 2.50 bits per heavy atom. The van der Waals surface area contributed by atoms with E-state index >= 15 is 0 Å². The van der Waals surface area contributed by atoms with Crippen LogP contribution in [0.4, 0.5) is 0 Å². The highest BCUT2D eigenvalue weighted by Crippen LogP contribution is 2.17. The van der Waals surface area contributed by atoms with Gasteiger partial charge in [0.05, 0.1) is 10.2 Å². The molecule has 6 heteroatoms. The van der Waals surface area contributed by atoms with Gasteiger partial charge >= 0.3 is 0 Å². The van der Waals surface area contributed by atoms with Crippen molar-refractivity contribution in [2.24, 2.45) is 0 Å². The van der Waals surface area contributed by atoms with Crippen molar-refractivity contribution in [1.29, 1.82) is 0 Å². The number of aromatic nitrogens is 3. The first-order chi connectivity index (χ1) is 8.65. The number of para-hydroxylation sites is 1. The molecule has 0 saturated heterocycles. The molecule has 0 aliphatic carbocycles. The van der Waals surface area contributed by atoms with Crippen molar-refractivity contribution in [3.63, 3.8) is 0 Å². The van der Waals surface area contributed by atoms with Gasteiger partial charge in [-0.25, -0.2) is 4.98 Å². The van der Waals surface area contributed by atoms with Gasteiger partial charge in [0.15, 0.2) is 8.73 Å². The number of thiazole rings is 1. The van der Waals surface area contributed by atoms with Crippen molar-refractivity contribution in [2.45, 2.75) is 6.92 Å². The number of aryl methyl sites for hydroxylation is 1. The Morgan fingerprint density at radius 2 is 1.89 bits per heavy atom. The Morgan fingerprint density at radius 1 is 1.11 bits per heavy atom. The summed E-state index contributed by atoms with van der Waals surface area (Å²) >= 11 is 11.3. The van der Waals surface area contributed by atoms with Crippen LogP contribution >= 0.6 is 35.8 Å². The fourth-order valence-corrected chi connectivity index (χ4v) is 2.69. The van der Waals surface area contributed by atoms with Crippen LogP contribution in [-0.2, 0) is 0 Å². The van der Waals surface area contributed by atoms with E-state index in [9.17, 15) is 0 Å². The highest BCUT2D eigenvalue weighted by molar-refractivity contribution is 7.73. The lowest BCUT2D eigenvalue weighted by Crippen LogP contribution is -1.81. The molecular weight excluding hydrogens is 282 g/mol. The zero-order chi connectivity index (χ0) is 13.0. The normalized spacial score (nSPS) is 9.83. The van der Waals surface area contributed by atoms with Crippen LogP contribution in [0.5, 0.6) is 0 Å². The Bertz CT molecular complexity index is 718. The SMILES string of the molecule is Cc1ccnc(=S)[nH]1.S=c1[nH]c2ccccc2s1. The maximum Gasteiger partial charge on any atom is 0.196 e. The van der Waals surface area contributed by atoms with Crippen LogP contribution in [0.3, 0.4) is 0 Å². The van der Waals surface area contributed by atoms with Crippen LogP contribution in [0.15, 0.2) is 36.5 Å². The van der Waals surface area contributed by atoms with Gasteiger partial charge in [-0.05, 0) is 49.6 Å². The number of fused-ring (bicyclic) bond motifs is 1. The van der Waals surface area contributed by atoms with Gasteiger partial charge in [0.25, 0.3) is 0 Å². The Kier molecular flexibility index (Phi) is 4.35. The molecule has 0 radical (unpaired) electrons. The first-order valence-corrected chi connectivity index (χ1v) is 6.88. The number of nitrogens with one attached hydrogen (secondary N) is 2. The van der Waals surface area contributed by atoms with Crippen molar-refractivity contribution in [3.05, 3.63) is 50.9 Å². The van der Waals surface area contributed by atoms with Crippen molar-refractivity contribution < 1.29 is 0 Å². The molecule has 0 amide bonds. The lowest BCUT2D eigenvalue weighted by molar-refractivity contribution is 1.07. The van der Waals surface area contributed by atoms with Gasteiger partial charge in [0.2, 0.25) is 0 Å². The average Bonchev–Trinajstić information content (AvgIpc) is 2.69. The second-order valence-electron chi connectivity index (χ2n) is 3.57. The molecule has 0 aliphatic heterocycles. The van der Waals surface area contributed by atoms with Crippen LogP contribution in [0.2, 0.25) is 0 Å². The summed E-state index contributed by atoms with van der Waals surface area (Å²) in [4.78, 5) is 9.76. The van der Waals surface area contributed by atoms with Crippen LogP contribution in [-0.4, -0.2) is 15.0 Å². The van der Waals surface area contributed by atoms with E-state index in [-0.39, 0.29) is 0 Å². The largest absolute Gasteiger partial charge is 0.337 e. The van der Waals surface area contributed by atoms with Gasteiger partial charge in [-0.1, -0.05) is 12.1 Å². The predicted octanol–water partition coefficient (Wildman–Crippen LogP) is 4.41. The molecule has 0 fully saturated rings. The summed E-state index contributed by atoms with van der Waals surface area (Å²) < 4.78 is 2.62. The number of hydrogen-bond donors (Lipinski definition) is 2. The lowest BCUT2D eigenvalue weighted by Gasteiger charge is -1.86. The third kappa shape index (κ3) is 3.56. The van der Waals surface area contributed by atoms with Gasteiger partial charge < -0.3 is 9.97 Å². The summed E-state index contributed by atoms with van der Waals surface area (Å²) in [5.74, 6) is 0. The molecule has 0 spiro atoms. The third-order valence-electron chi connectivity index (χ3n) is 2.15. The minimum Gasteiger partial charge on any atom is -0.337 e. The Balaban J connectivity index is 0.000000138. The van der Waals surface area contributed by atoms with Crippen LogP contribution < -0.4 is 0 Å².